The van der Waals surface area contributed by atoms with Crippen molar-refractivity contribution in [2.45, 2.75) is 32.2 Å². The minimum Gasteiger partial charge on any atom is -0.353 e. The van der Waals surface area contributed by atoms with Gasteiger partial charge in [0.05, 0.1) is 0 Å². The number of rotatable bonds is 2. The molecule has 1 aliphatic rings. The van der Waals surface area contributed by atoms with Gasteiger partial charge in [-0.1, -0.05) is 13.0 Å². The molecule has 2 nitrogen and oxygen atoms in total. The zero-order valence-corrected chi connectivity index (χ0v) is 6.97. The molecule has 1 heterocycles. The van der Waals surface area contributed by atoms with Gasteiger partial charge in [-0.3, -0.25) is 4.79 Å². The molecule has 0 aliphatic carbocycles. The van der Waals surface area contributed by atoms with Crippen LogP contribution >= 0.6 is 0 Å². The van der Waals surface area contributed by atoms with E-state index in [0.29, 0.717) is 18.4 Å². The minimum absolute atomic E-state index is 0.190. The van der Waals surface area contributed by atoms with E-state index in [-0.39, 0.29) is 5.91 Å². The van der Waals surface area contributed by atoms with Crippen molar-refractivity contribution in [1.29, 1.82) is 0 Å². The molecule has 2 unspecified atom stereocenters. The van der Waals surface area contributed by atoms with Gasteiger partial charge in [0.25, 0.3) is 0 Å². The van der Waals surface area contributed by atoms with Crippen molar-refractivity contribution >= 4 is 5.91 Å². The highest BCUT2D eigenvalue weighted by Crippen LogP contribution is 2.18. The van der Waals surface area contributed by atoms with Crippen LogP contribution in [0.1, 0.15) is 26.2 Å². The van der Waals surface area contributed by atoms with Crippen molar-refractivity contribution in [3.8, 4) is 0 Å². The summed E-state index contributed by atoms with van der Waals surface area (Å²) < 4.78 is 0. The van der Waals surface area contributed by atoms with Crippen LogP contribution in [0.3, 0.4) is 0 Å². The van der Waals surface area contributed by atoms with E-state index in [9.17, 15) is 4.79 Å². The van der Waals surface area contributed by atoms with Crippen LogP contribution in [-0.4, -0.2) is 11.9 Å². The summed E-state index contributed by atoms with van der Waals surface area (Å²) >= 11 is 0. The molecule has 0 spiro atoms. The Hall–Kier alpha value is -0.790. The third kappa shape index (κ3) is 2.07. The molecule has 62 valence electrons. The maximum Gasteiger partial charge on any atom is 0.220 e. The lowest BCUT2D eigenvalue weighted by molar-refractivity contribution is -0.124. The van der Waals surface area contributed by atoms with Crippen molar-refractivity contribution in [3.63, 3.8) is 0 Å². The predicted octanol–water partition coefficient (Wildman–Crippen LogP) is 1.48. The van der Waals surface area contributed by atoms with Crippen molar-refractivity contribution in [1.82, 2.24) is 5.32 Å². The van der Waals surface area contributed by atoms with E-state index in [2.05, 4.69) is 18.8 Å². The molecule has 0 radical (unpaired) electrons. The summed E-state index contributed by atoms with van der Waals surface area (Å²) in [6.07, 6.45) is 4.47. The number of piperidine rings is 1. The van der Waals surface area contributed by atoms with Gasteiger partial charge in [-0.05, 0) is 18.8 Å². The van der Waals surface area contributed by atoms with Crippen LogP contribution in [0.4, 0.5) is 0 Å². The first-order valence-electron chi connectivity index (χ1n) is 4.14. The van der Waals surface area contributed by atoms with Gasteiger partial charge in [-0.25, -0.2) is 0 Å². The first-order chi connectivity index (χ1) is 5.24. The molecule has 1 N–H and O–H groups in total. The van der Waals surface area contributed by atoms with Gasteiger partial charge in [0, 0.05) is 12.5 Å². The second-order valence-corrected chi connectivity index (χ2v) is 3.21. The first kappa shape index (κ1) is 8.31. The zero-order chi connectivity index (χ0) is 8.27. The average Bonchev–Trinajstić information content (AvgIpc) is 1.98. The summed E-state index contributed by atoms with van der Waals surface area (Å²) in [4.78, 5) is 10.9. The SMILES string of the molecule is C=CCC1NC(=O)CCC1C. The lowest BCUT2D eigenvalue weighted by Gasteiger charge is -2.28. The third-order valence-corrected chi connectivity index (χ3v) is 2.28. The Morgan fingerprint density at radius 3 is 3.18 bits per heavy atom. The number of amides is 1. The largest absolute Gasteiger partial charge is 0.353 e. The quantitative estimate of drug-likeness (QED) is 0.598. The fraction of sp³-hybridized carbons (Fsp3) is 0.667. The van der Waals surface area contributed by atoms with E-state index < -0.39 is 0 Å². The average molecular weight is 153 g/mol. The molecule has 1 rings (SSSR count). The van der Waals surface area contributed by atoms with E-state index in [4.69, 9.17) is 0 Å². The molecule has 2 heteroatoms. The Labute approximate surface area is 67.7 Å². The molecule has 0 bridgehead atoms. The van der Waals surface area contributed by atoms with E-state index in [0.717, 1.165) is 12.8 Å². The fourth-order valence-electron chi connectivity index (χ4n) is 1.45. The molecule has 1 amide bonds. The van der Waals surface area contributed by atoms with Crippen LogP contribution < -0.4 is 5.32 Å². The summed E-state index contributed by atoms with van der Waals surface area (Å²) in [6, 6.07) is 0.328. The number of carbonyl (C=O) groups is 1. The number of nitrogens with one attached hydrogen (secondary N) is 1. The van der Waals surface area contributed by atoms with Crippen LogP contribution in [0.25, 0.3) is 0 Å². The minimum atomic E-state index is 0.190. The second kappa shape index (κ2) is 3.56. The van der Waals surface area contributed by atoms with Gasteiger partial charge in [-0.2, -0.15) is 0 Å². The van der Waals surface area contributed by atoms with Crippen molar-refractivity contribution < 1.29 is 4.79 Å². The number of hydrogen-bond donors (Lipinski definition) is 1. The monoisotopic (exact) mass is 153 g/mol. The Bertz CT molecular complexity index is 165. The Morgan fingerprint density at radius 2 is 2.55 bits per heavy atom. The smallest absolute Gasteiger partial charge is 0.220 e. The summed E-state index contributed by atoms with van der Waals surface area (Å²) in [6.45, 7) is 5.84. The van der Waals surface area contributed by atoms with Crippen LogP contribution in [0, 0.1) is 5.92 Å². The van der Waals surface area contributed by atoms with Crippen LogP contribution in [-0.2, 0) is 4.79 Å². The fourth-order valence-corrected chi connectivity index (χ4v) is 1.45. The molecule has 11 heavy (non-hydrogen) atoms. The first-order valence-corrected chi connectivity index (χ1v) is 4.14. The van der Waals surface area contributed by atoms with Gasteiger partial charge >= 0.3 is 0 Å². The van der Waals surface area contributed by atoms with Crippen molar-refractivity contribution in [2.75, 3.05) is 0 Å². The third-order valence-electron chi connectivity index (χ3n) is 2.28. The van der Waals surface area contributed by atoms with Gasteiger partial charge in [0.1, 0.15) is 0 Å². The maximum absolute atomic E-state index is 10.9. The normalized spacial score (nSPS) is 31.2. The van der Waals surface area contributed by atoms with Gasteiger partial charge in [0.15, 0.2) is 0 Å². The van der Waals surface area contributed by atoms with Crippen LogP contribution in [0.2, 0.25) is 0 Å². The molecular formula is C9H15NO. The van der Waals surface area contributed by atoms with Crippen molar-refractivity contribution in [2.24, 2.45) is 5.92 Å². The Morgan fingerprint density at radius 1 is 1.82 bits per heavy atom. The van der Waals surface area contributed by atoms with E-state index in [1.165, 1.54) is 0 Å². The lowest BCUT2D eigenvalue weighted by Crippen LogP contribution is -2.43. The van der Waals surface area contributed by atoms with E-state index in [1.54, 1.807) is 0 Å². The van der Waals surface area contributed by atoms with E-state index >= 15 is 0 Å². The highest BCUT2D eigenvalue weighted by atomic mass is 16.1. The second-order valence-electron chi connectivity index (χ2n) is 3.21. The molecule has 1 fully saturated rings. The van der Waals surface area contributed by atoms with Crippen LogP contribution in [0.5, 0.6) is 0 Å². The number of carbonyl (C=O) groups excluding carboxylic acids is 1. The Balaban J connectivity index is 2.46. The van der Waals surface area contributed by atoms with E-state index in [1.807, 2.05) is 6.08 Å². The standard InChI is InChI=1S/C9H15NO/c1-3-4-8-7(2)5-6-9(11)10-8/h3,7-8H,1,4-6H2,2H3,(H,10,11). The summed E-state index contributed by atoms with van der Waals surface area (Å²) in [7, 11) is 0. The highest BCUT2D eigenvalue weighted by molar-refractivity contribution is 5.77. The molecule has 0 aromatic heterocycles. The predicted molar refractivity (Wildman–Crippen MR) is 45.1 cm³/mol. The highest BCUT2D eigenvalue weighted by Gasteiger charge is 2.23. The molecule has 0 saturated carbocycles. The maximum atomic E-state index is 10.9. The summed E-state index contributed by atoms with van der Waals surface area (Å²) in [5, 5.41) is 2.96. The van der Waals surface area contributed by atoms with Gasteiger partial charge in [0.2, 0.25) is 5.91 Å². The van der Waals surface area contributed by atoms with Gasteiger partial charge in [-0.15, -0.1) is 6.58 Å². The molecule has 1 saturated heterocycles. The molecular weight excluding hydrogens is 138 g/mol. The summed E-state index contributed by atoms with van der Waals surface area (Å²) in [5.41, 5.74) is 0. The molecule has 2 atom stereocenters. The molecule has 0 aromatic carbocycles. The van der Waals surface area contributed by atoms with Crippen molar-refractivity contribution in [3.05, 3.63) is 12.7 Å². The van der Waals surface area contributed by atoms with Gasteiger partial charge < -0.3 is 5.32 Å². The van der Waals surface area contributed by atoms with Crippen LogP contribution in [0.15, 0.2) is 12.7 Å². The molecule has 0 aromatic rings. The lowest BCUT2D eigenvalue weighted by atomic mass is 9.90. The Kier molecular flexibility index (Phi) is 2.69. The molecule has 1 aliphatic heterocycles. The summed E-state index contributed by atoms with van der Waals surface area (Å²) in [5.74, 6) is 0.792. The topological polar surface area (TPSA) is 29.1 Å². The zero-order valence-electron chi connectivity index (χ0n) is 6.97. The number of hydrogen-bond acceptors (Lipinski definition) is 1.